The van der Waals surface area contributed by atoms with Crippen molar-refractivity contribution in [3.63, 3.8) is 0 Å². The predicted molar refractivity (Wildman–Crippen MR) is 89.4 cm³/mol. The Kier molecular flexibility index (Phi) is 3.05. The maximum Gasteiger partial charge on any atom is 0.329 e. The van der Waals surface area contributed by atoms with Gasteiger partial charge in [0.1, 0.15) is 10.8 Å². The molecule has 2 aliphatic heterocycles. The third kappa shape index (κ3) is 2.05. The number of hydrogen-bond acceptors (Lipinski definition) is 5. The number of nitrogens with zero attached hydrogens (tertiary/aromatic N) is 2. The molecule has 0 aromatic heterocycles. The van der Waals surface area contributed by atoms with Gasteiger partial charge in [-0.05, 0) is 11.3 Å². The Bertz CT molecular complexity index is 878. The van der Waals surface area contributed by atoms with Crippen LogP contribution in [0, 0.1) is 0 Å². The Morgan fingerprint density at radius 1 is 1.32 bits per heavy atom. The molecule has 2 aliphatic rings. The van der Waals surface area contributed by atoms with Gasteiger partial charge in [0, 0.05) is 16.5 Å². The summed E-state index contributed by atoms with van der Waals surface area (Å²) >= 11 is 1.44. The first-order valence-corrected chi connectivity index (χ1v) is 8.66. The molecule has 0 aliphatic carbocycles. The molecule has 2 aromatic carbocycles. The Hall–Kier alpha value is -2.12. The van der Waals surface area contributed by atoms with E-state index < -0.39 is 12.0 Å². The number of fused-ring (bicyclic) bond motifs is 3. The van der Waals surface area contributed by atoms with E-state index in [0.29, 0.717) is 20.3 Å². The van der Waals surface area contributed by atoms with Crippen molar-refractivity contribution in [2.75, 3.05) is 5.75 Å². The quantitative estimate of drug-likeness (QED) is 0.820. The number of aliphatic imine (C=N–C) groups is 2. The zero-order valence-electron chi connectivity index (χ0n) is 11.3. The summed E-state index contributed by atoms with van der Waals surface area (Å²) < 4.78 is 0. The van der Waals surface area contributed by atoms with Crippen LogP contribution < -0.4 is 5.19 Å². The van der Waals surface area contributed by atoms with Crippen LogP contribution in [0.15, 0.2) is 40.3 Å². The minimum atomic E-state index is -0.898. The third-order valence-corrected chi connectivity index (χ3v) is 6.08. The van der Waals surface area contributed by atoms with Crippen molar-refractivity contribution in [3.8, 4) is 5.75 Å². The Morgan fingerprint density at radius 3 is 2.82 bits per heavy atom. The van der Waals surface area contributed by atoms with Crippen LogP contribution in [0.1, 0.15) is 0 Å². The van der Waals surface area contributed by atoms with E-state index in [0.717, 1.165) is 27.0 Å². The molecule has 0 amide bonds. The van der Waals surface area contributed by atoms with E-state index in [1.54, 1.807) is 6.07 Å². The van der Waals surface area contributed by atoms with Crippen molar-refractivity contribution in [2.24, 2.45) is 9.98 Å². The Balaban J connectivity index is 1.79. The van der Waals surface area contributed by atoms with Gasteiger partial charge in [-0.3, -0.25) is 9.98 Å². The van der Waals surface area contributed by atoms with E-state index in [1.807, 2.05) is 24.3 Å². The van der Waals surface area contributed by atoms with Crippen molar-refractivity contribution < 1.29 is 15.0 Å². The molecule has 0 saturated heterocycles. The van der Waals surface area contributed by atoms with Crippen molar-refractivity contribution in [1.82, 2.24) is 0 Å². The van der Waals surface area contributed by atoms with Crippen LogP contribution in [-0.4, -0.2) is 47.9 Å². The van der Waals surface area contributed by atoms with E-state index in [9.17, 15) is 9.90 Å². The molecule has 108 valence electrons. The molecule has 2 N–H and O–H groups in total. The molecule has 0 saturated carbocycles. The summed E-state index contributed by atoms with van der Waals surface area (Å²) in [4.78, 5) is 19.9. The van der Waals surface area contributed by atoms with Gasteiger partial charge in [0.2, 0.25) is 0 Å². The lowest BCUT2D eigenvalue weighted by molar-refractivity contribution is -0.137. The van der Waals surface area contributed by atoms with Crippen LogP contribution in [0.2, 0.25) is 0 Å². The number of rotatable bonds is 2. The minimum absolute atomic E-state index is 0.253. The number of phenolic OH excluding ortho intramolecular Hbond substituents is 1. The van der Waals surface area contributed by atoms with E-state index >= 15 is 0 Å². The number of thioether (sulfide) groups is 1. The van der Waals surface area contributed by atoms with Crippen LogP contribution >= 0.6 is 11.8 Å². The molecule has 0 unspecified atom stereocenters. The van der Waals surface area contributed by atoms with Crippen molar-refractivity contribution in [2.45, 2.75) is 6.04 Å². The fourth-order valence-corrected chi connectivity index (χ4v) is 4.95. The summed E-state index contributed by atoms with van der Waals surface area (Å²) in [5, 5.41) is 23.4. The predicted octanol–water partition coefficient (Wildman–Crippen LogP) is 1.52. The van der Waals surface area contributed by atoms with Gasteiger partial charge in [0.05, 0.1) is 11.0 Å². The van der Waals surface area contributed by atoms with Crippen LogP contribution in [0.5, 0.6) is 5.75 Å². The first-order valence-electron chi connectivity index (χ1n) is 6.67. The molecular weight excluding hydrogens is 316 g/mol. The Morgan fingerprint density at radius 2 is 2.09 bits per heavy atom. The molecule has 2 heterocycles. The van der Waals surface area contributed by atoms with Crippen LogP contribution in [0.4, 0.5) is 5.69 Å². The zero-order valence-corrected chi connectivity index (χ0v) is 13.1. The lowest BCUT2D eigenvalue weighted by atomic mass is 10.1. The maximum absolute atomic E-state index is 11.0. The number of hydrogen-bond donors (Lipinski definition) is 2. The highest BCUT2D eigenvalue weighted by Crippen LogP contribution is 2.34. The topological polar surface area (TPSA) is 82.2 Å². The normalized spacial score (nSPS) is 19.9. The molecule has 4 rings (SSSR count). The van der Waals surface area contributed by atoms with Gasteiger partial charge in [-0.25, -0.2) is 4.79 Å². The van der Waals surface area contributed by atoms with E-state index in [2.05, 4.69) is 9.98 Å². The van der Waals surface area contributed by atoms with Gasteiger partial charge >= 0.3 is 5.97 Å². The average molecular weight is 326 g/mol. The summed E-state index contributed by atoms with van der Waals surface area (Å²) in [7, 11) is 0.293. The number of carboxylic acids is 1. The molecule has 1 atom stereocenters. The number of aliphatic carboxylic acids is 1. The second-order valence-corrected chi connectivity index (χ2v) is 7.29. The molecule has 22 heavy (non-hydrogen) atoms. The maximum atomic E-state index is 11.0. The molecule has 0 spiro atoms. The lowest BCUT2D eigenvalue weighted by Crippen LogP contribution is -2.23. The largest absolute Gasteiger partial charge is 0.507 e. The fraction of sp³-hybridized carbons (Fsp3) is 0.133. The standard InChI is InChI=1S/C15H10N2O3SSi/c18-10-5-11-12(8-4-2-1-3-7(8)10)17-14(22-11)13-16-9(6-21-13)15(19)20/h1-5,9,18H,6H2,(H,19,20)/t9-/m1/s1. The van der Waals surface area contributed by atoms with Crippen LogP contribution in [0.25, 0.3) is 10.8 Å². The van der Waals surface area contributed by atoms with Gasteiger partial charge in [-0.2, -0.15) is 0 Å². The molecular formula is C15H10N2O3SSi. The Labute approximate surface area is 132 Å². The molecule has 7 heteroatoms. The number of benzene rings is 2. The number of carboxylic acid groups (broad SMARTS) is 1. The van der Waals surface area contributed by atoms with Gasteiger partial charge < -0.3 is 10.2 Å². The van der Waals surface area contributed by atoms with Crippen molar-refractivity contribution in [1.29, 1.82) is 0 Å². The second-order valence-electron chi connectivity index (χ2n) is 5.02. The molecule has 0 fully saturated rings. The summed E-state index contributed by atoms with van der Waals surface area (Å²) in [5.41, 5.74) is 0.865. The molecule has 2 aromatic rings. The highest BCUT2D eigenvalue weighted by atomic mass is 32.2. The average Bonchev–Trinajstić information content (AvgIpc) is 3.14. The number of phenols is 1. The second kappa shape index (κ2) is 4.96. The van der Waals surface area contributed by atoms with Gasteiger partial charge in [0.25, 0.3) is 0 Å². The highest BCUT2D eigenvalue weighted by Gasteiger charge is 2.30. The van der Waals surface area contributed by atoms with Gasteiger partial charge in [-0.1, -0.05) is 24.3 Å². The SMILES string of the molecule is O=C(O)[C@H]1CSC(C2=Nc3c(cc(O)c4ccccc34)[Si]2)=N1. The summed E-state index contributed by atoms with van der Waals surface area (Å²) in [6, 6.07) is 8.67. The smallest absolute Gasteiger partial charge is 0.329 e. The van der Waals surface area contributed by atoms with E-state index in [-0.39, 0.29) is 5.75 Å². The van der Waals surface area contributed by atoms with Gasteiger partial charge in [0.15, 0.2) is 15.6 Å². The zero-order chi connectivity index (χ0) is 15.3. The molecule has 0 bridgehead atoms. The highest BCUT2D eigenvalue weighted by molar-refractivity contribution is 8.16. The monoisotopic (exact) mass is 326 g/mol. The van der Waals surface area contributed by atoms with Crippen molar-refractivity contribution in [3.05, 3.63) is 30.3 Å². The van der Waals surface area contributed by atoms with Crippen molar-refractivity contribution >= 4 is 59.3 Å². The summed E-state index contributed by atoms with van der Waals surface area (Å²) in [6.45, 7) is 0. The lowest BCUT2D eigenvalue weighted by Gasteiger charge is -2.05. The van der Waals surface area contributed by atoms with Gasteiger partial charge in [-0.15, -0.1) is 11.8 Å². The fourth-order valence-electron chi connectivity index (χ4n) is 2.56. The molecule has 5 nitrogen and oxygen atoms in total. The minimum Gasteiger partial charge on any atom is -0.507 e. The van der Waals surface area contributed by atoms with E-state index in [4.69, 9.17) is 5.11 Å². The third-order valence-electron chi connectivity index (χ3n) is 3.61. The number of aromatic hydroxyl groups is 1. The van der Waals surface area contributed by atoms with Crippen LogP contribution in [0.3, 0.4) is 0 Å². The summed E-state index contributed by atoms with van der Waals surface area (Å²) in [5.74, 6) is -0.191. The first kappa shape index (κ1) is 13.5. The first-order chi connectivity index (χ1) is 10.6. The van der Waals surface area contributed by atoms with Crippen LogP contribution in [-0.2, 0) is 4.79 Å². The van der Waals surface area contributed by atoms with E-state index in [1.165, 1.54) is 11.8 Å². The molecule has 2 radical (unpaired) electrons. The summed E-state index contributed by atoms with van der Waals surface area (Å²) in [6.07, 6.45) is 0. The number of carbonyl (C=O) groups is 1.